The van der Waals surface area contributed by atoms with Gasteiger partial charge in [0.15, 0.2) is 5.13 Å². The average molecular weight is 377 g/mol. The quantitative estimate of drug-likeness (QED) is 0.692. The fourth-order valence-electron chi connectivity index (χ4n) is 2.37. The van der Waals surface area contributed by atoms with E-state index < -0.39 is 17.2 Å². The van der Waals surface area contributed by atoms with Crippen molar-refractivity contribution in [2.45, 2.75) is 11.1 Å². The zero-order valence-electron chi connectivity index (χ0n) is 14.0. The Kier molecular flexibility index (Phi) is 4.48. The molecule has 8 nitrogen and oxygen atoms in total. The Labute approximate surface area is 150 Å². The SMILES string of the molecule is CSc1sc(NC(=O)c2ccc3c(=O)n(C)c(=O)n(C)c3n2)nc1C. The number of carbonyl (C=O) groups is 1. The summed E-state index contributed by atoms with van der Waals surface area (Å²) >= 11 is 2.94. The molecule has 0 aliphatic heterocycles. The summed E-state index contributed by atoms with van der Waals surface area (Å²) in [7, 11) is 2.91. The number of carbonyl (C=O) groups excluding carboxylic acids is 1. The maximum atomic E-state index is 12.4. The highest BCUT2D eigenvalue weighted by Crippen LogP contribution is 2.30. The van der Waals surface area contributed by atoms with Gasteiger partial charge in [0.25, 0.3) is 11.5 Å². The fraction of sp³-hybridized carbons (Fsp3) is 0.267. The normalized spacial score (nSPS) is 11.0. The molecule has 0 saturated heterocycles. The van der Waals surface area contributed by atoms with Crippen LogP contribution in [0.15, 0.2) is 25.9 Å². The summed E-state index contributed by atoms with van der Waals surface area (Å²) in [4.78, 5) is 45.1. The average Bonchev–Trinajstić information content (AvgIpc) is 2.96. The molecule has 0 fully saturated rings. The molecule has 1 N–H and O–H groups in total. The Morgan fingerprint density at radius 2 is 1.92 bits per heavy atom. The Morgan fingerprint density at radius 3 is 2.56 bits per heavy atom. The summed E-state index contributed by atoms with van der Waals surface area (Å²) in [5, 5.41) is 3.45. The summed E-state index contributed by atoms with van der Waals surface area (Å²) in [6.45, 7) is 1.87. The Hall–Kier alpha value is -2.46. The molecule has 3 aromatic rings. The number of amides is 1. The van der Waals surface area contributed by atoms with Crippen LogP contribution in [0.25, 0.3) is 11.0 Å². The van der Waals surface area contributed by atoms with Gasteiger partial charge in [-0.3, -0.25) is 24.0 Å². The van der Waals surface area contributed by atoms with Crippen LogP contribution in [0.2, 0.25) is 0 Å². The van der Waals surface area contributed by atoms with E-state index in [-0.39, 0.29) is 16.7 Å². The van der Waals surface area contributed by atoms with Crippen LogP contribution in [0.1, 0.15) is 16.2 Å². The summed E-state index contributed by atoms with van der Waals surface area (Å²) in [5.41, 5.74) is 0.181. The molecule has 25 heavy (non-hydrogen) atoms. The second-order valence-electron chi connectivity index (χ2n) is 5.32. The molecule has 3 aromatic heterocycles. The molecule has 0 aromatic carbocycles. The minimum absolute atomic E-state index is 0.106. The van der Waals surface area contributed by atoms with Crippen LogP contribution in [0, 0.1) is 6.92 Å². The van der Waals surface area contributed by atoms with E-state index >= 15 is 0 Å². The van der Waals surface area contributed by atoms with Crippen molar-refractivity contribution in [3.05, 3.63) is 44.4 Å². The smallest absolute Gasteiger partial charge is 0.296 e. The van der Waals surface area contributed by atoms with Crippen molar-refractivity contribution >= 4 is 45.2 Å². The van der Waals surface area contributed by atoms with E-state index in [4.69, 9.17) is 0 Å². The van der Waals surface area contributed by atoms with Gasteiger partial charge in [0.05, 0.1) is 15.3 Å². The van der Waals surface area contributed by atoms with Gasteiger partial charge in [-0.1, -0.05) is 11.3 Å². The summed E-state index contributed by atoms with van der Waals surface area (Å²) in [6.07, 6.45) is 1.94. The number of aryl methyl sites for hydroxylation is 2. The van der Waals surface area contributed by atoms with Gasteiger partial charge in [-0.05, 0) is 25.3 Å². The van der Waals surface area contributed by atoms with E-state index in [1.807, 2.05) is 13.2 Å². The predicted molar refractivity (Wildman–Crippen MR) is 98.8 cm³/mol. The maximum absolute atomic E-state index is 12.4. The van der Waals surface area contributed by atoms with Gasteiger partial charge in [0, 0.05) is 14.1 Å². The highest BCUT2D eigenvalue weighted by atomic mass is 32.2. The zero-order chi connectivity index (χ0) is 18.3. The molecular formula is C15H15N5O3S2. The lowest BCUT2D eigenvalue weighted by molar-refractivity contribution is 0.102. The Balaban J connectivity index is 2.02. The third-order valence-electron chi connectivity index (χ3n) is 3.69. The molecule has 0 aliphatic carbocycles. The molecule has 0 saturated carbocycles. The molecule has 10 heteroatoms. The largest absolute Gasteiger partial charge is 0.332 e. The first kappa shape index (κ1) is 17.4. The van der Waals surface area contributed by atoms with Crippen molar-refractivity contribution in [2.75, 3.05) is 11.6 Å². The molecule has 0 radical (unpaired) electrons. The number of anilines is 1. The number of fused-ring (bicyclic) bond motifs is 1. The number of pyridine rings is 1. The van der Waals surface area contributed by atoms with Gasteiger partial charge in [-0.2, -0.15) is 0 Å². The summed E-state index contributed by atoms with van der Waals surface area (Å²) < 4.78 is 3.27. The third kappa shape index (κ3) is 2.98. The van der Waals surface area contributed by atoms with Gasteiger partial charge in [0.1, 0.15) is 11.3 Å². The number of nitrogens with zero attached hydrogens (tertiary/aromatic N) is 4. The van der Waals surface area contributed by atoms with Gasteiger partial charge in [-0.15, -0.1) is 11.8 Å². The first-order valence-electron chi connectivity index (χ1n) is 7.23. The summed E-state index contributed by atoms with van der Waals surface area (Å²) in [5.74, 6) is -0.448. The van der Waals surface area contributed by atoms with Crippen molar-refractivity contribution in [3.63, 3.8) is 0 Å². The van der Waals surface area contributed by atoms with E-state index in [0.29, 0.717) is 5.13 Å². The van der Waals surface area contributed by atoms with Gasteiger partial charge >= 0.3 is 5.69 Å². The molecule has 3 rings (SSSR count). The maximum Gasteiger partial charge on any atom is 0.332 e. The van der Waals surface area contributed by atoms with Crippen LogP contribution in [-0.4, -0.2) is 31.3 Å². The first-order chi connectivity index (χ1) is 11.8. The van der Waals surface area contributed by atoms with Gasteiger partial charge in [0.2, 0.25) is 0 Å². The summed E-state index contributed by atoms with van der Waals surface area (Å²) in [6, 6.07) is 2.96. The molecule has 0 bridgehead atoms. The molecule has 3 heterocycles. The lowest BCUT2D eigenvalue weighted by Gasteiger charge is -2.08. The van der Waals surface area contributed by atoms with Gasteiger partial charge in [-0.25, -0.2) is 14.8 Å². The van der Waals surface area contributed by atoms with Crippen molar-refractivity contribution in [1.29, 1.82) is 0 Å². The second kappa shape index (κ2) is 6.45. The molecule has 0 unspecified atom stereocenters. The molecule has 130 valence electrons. The van der Waals surface area contributed by atoms with Gasteiger partial charge < -0.3 is 0 Å². The van der Waals surface area contributed by atoms with Crippen molar-refractivity contribution in [3.8, 4) is 0 Å². The van der Waals surface area contributed by atoms with Crippen LogP contribution < -0.4 is 16.6 Å². The van der Waals surface area contributed by atoms with Crippen LogP contribution >= 0.6 is 23.1 Å². The lowest BCUT2D eigenvalue weighted by Crippen LogP contribution is -2.37. The minimum Gasteiger partial charge on any atom is -0.296 e. The van der Waals surface area contributed by atoms with E-state index in [9.17, 15) is 14.4 Å². The second-order valence-corrected chi connectivity index (χ2v) is 7.40. The number of thiazole rings is 1. The standard InChI is InChI=1S/C15H15N5O3S2/c1-7-13(24-4)25-14(16-7)18-11(21)9-6-5-8-10(17-9)19(2)15(23)20(3)12(8)22/h5-6H,1-4H3,(H,16,18,21). The molecule has 0 atom stereocenters. The van der Waals surface area contributed by atoms with Crippen LogP contribution in [0.3, 0.4) is 0 Å². The van der Waals surface area contributed by atoms with Crippen molar-refractivity contribution in [1.82, 2.24) is 19.1 Å². The number of hydrogen-bond acceptors (Lipinski definition) is 7. The van der Waals surface area contributed by atoms with Crippen molar-refractivity contribution < 1.29 is 4.79 Å². The van der Waals surface area contributed by atoms with Crippen LogP contribution in [0.5, 0.6) is 0 Å². The molecular weight excluding hydrogens is 362 g/mol. The topological polar surface area (TPSA) is 98.9 Å². The zero-order valence-corrected chi connectivity index (χ0v) is 15.6. The Bertz CT molecular complexity index is 1110. The highest BCUT2D eigenvalue weighted by Gasteiger charge is 2.16. The van der Waals surface area contributed by atoms with E-state index in [2.05, 4.69) is 15.3 Å². The van der Waals surface area contributed by atoms with Crippen LogP contribution in [0.4, 0.5) is 5.13 Å². The molecule has 0 aliphatic rings. The number of aromatic nitrogens is 4. The van der Waals surface area contributed by atoms with Crippen molar-refractivity contribution in [2.24, 2.45) is 14.1 Å². The monoisotopic (exact) mass is 377 g/mol. The van der Waals surface area contributed by atoms with E-state index in [1.54, 1.807) is 11.8 Å². The fourth-order valence-corrected chi connectivity index (χ4v) is 3.97. The van der Waals surface area contributed by atoms with E-state index in [0.717, 1.165) is 14.5 Å². The minimum atomic E-state index is -0.497. The lowest BCUT2D eigenvalue weighted by atomic mass is 10.2. The van der Waals surface area contributed by atoms with Crippen LogP contribution in [-0.2, 0) is 14.1 Å². The number of nitrogens with one attached hydrogen (secondary N) is 1. The third-order valence-corrected chi connectivity index (χ3v) is 5.98. The highest BCUT2D eigenvalue weighted by molar-refractivity contribution is 8.00. The predicted octanol–water partition coefficient (Wildman–Crippen LogP) is 1.37. The number of rotatable bonds is 3. The Morgan fingerprint density at radius 1 is 1.20 bits per heavy atom. The number of hydrogen-bond donors (Lipinski definition) is 1. The number of thioether (sulfide) groups is 1. The van der Waals surface area contributed by atoms with E-state index in [1.165, 1.54) is 42.1 Å². The molecule has 0 spiro atoms. The first-order valence-corrected chi connectivity index (χ1v) is 9.27. The molecule has 1 amide bonds.